The zero-order chi connectivity index (χ0) is 17.2. The van der Waals surface area contributed by atoms with Crippen LogP contribution in [-0.2, 0) is 6.54 Å². The van der Waals surface area contributed by atoms with Gasteiger partial charge in [-0.1, -0.05) is 48.0 Å². The molecule has 0 unspecified atom stereocenters. The smallest absolute Gasteiger partial charge is 0.120 e. The van der Waals surface area contributed by atoms with E-state index in [2.05, 4.69) is 28.0 Å². The van der Waals surface area contributed by atoms with Crippen molar-refractivity contribution in [1.29, 1.82) is 0 Å². The maximum atomic E-state index is 10.3. The molecule has 0 radical (unpaired) electrons. The molecule has 1 heterocycles. The third-order valence-electron chi connectivity index (χ3n) is 4.94. The molecule has 0 aliphatic carbocycles. The van der Waals surface area contributed by atoms with Crippen LogP contribution in [0.25, 0.3) is 10.8 Å². The molecule has 0 bridgehead atoms. The molecule has 3 aromatic carbocycles. The maximum absolute atomic E-state index is 10.3. The molecule has 0 saturated carbocycles. The van der Waals surface area contributed by atoms with Crippen molar-refractivity contribution < 1.29 is 5.11 Å². The molecular formula is C21H21ClN2O. The van der Waals surface area contributed by atoms with Crippen LogP contribution in [0.1, 0.15) is 5.56 Å². The topological polar surface area (TPSA) is 26.7 Å². The van der Waals surface area contributed by atoms with E-state index in [4.69, 9.17) is 11.6 Å². The number of hydrogen-bond acceptors (Lipinski definition) is 3. The number of phenolic OH excluding ortho intramolecular Hbond substituents is 1. The van der Waals surface area contributed by atoms with E-state index in [0.717, 1.165) is 48.7 Å². The van der Waals surface area contributed by atoms with E-state index in [1.807, 2.05) is 36.4 Å². The summed E-state index contributed by atoms with van der Waals surface area (Å²) in [6, 6.07) is 20.1. The second kappa shape index (κ2) is 6.95. The normalized spacial score (nSPS) is 15.6. The quantitative estimate of drug-likeness (QED) is 0.750. The van der Waals surface area contributed by atoms with Crippen LogP contribution < -0.4 is 4.90 Å². The first-order valence-corrected chi connectivity index (χ1v) is 9.01. The first-order chi connectivity index (χ1) is 12.2. The third kappa shape index (κ3) is 3.44. The molecule has 1 fully saturated rings. The molecule has 0 atom stereocenters. The van der Waals surface area contributed by atoms with Crippen LogP contribution in [0.4, 0.5) is 5.69 Å². The van der Waals surface area contributed by atoms with Gasteiger partial charge in [0.25, 0.3) is 0 Å². The molecule has 0 aromatic heterocycles. The number of rotatable bonds is 3. The number of piperazine rings is 1. The summed E-state index contributed by atoms with van der Waals surface area (Å²) in [4.78, 5) is 4.77. The molecule has 0 amide bonds. The Morgan fingerprint density at radius 1 is 0.880 bits per heavy atom. The van der Waals surface area contributed by atoms with Crippen LogP contribution in [0.15, 0.2) is 60.7 Å². The number of anilines is 1. The zero-order valence-corrected chi connectivity index (χ0v) is 14.8. The highest BCUT2D eigenvalue weighted by Gasteiger charge is 2.19. The summed E-state index contributed by atoms with van der Waals surface area (Å²) in [6.07, 6.45) is 0. The van der Waals surface area contributed by atoms with Crippen molar-refractivity contribution >= 4 is 28.1 Å². The summed E-state index contributed by atoms with van der Waals surface area (Å²) in [6.45, 7) is 4.64. The molecular weight excluding hydrogens is 332 g/mol. The molecule has 25 heavy (non-hydrogen) atoms. The lowest BCUT2D eigenvalue weighted by Gasteiger charge is -2.36. The van der Waals surface area contributed by atoms with Crippen molar-refractivity contribution in [2.45, 2.75) is 6.54 Å². The van der Waals surface area contributed by atoms with Crippen molar-refractivity contribution in [3.8, 4) is 5.75 Å². The monoisotopic (exact) mass is 352 g/mol. The van der Waals surface area contributed by atoms with Gasteiger partial charge < -0.3 is 10.0 Å². The van der Waals surface area contributed by atoms with E-state index in [0.29, 0.717) is 5.75 Å². The average Bonchev–Trinajstić information content (AvgIpc) is 2.65. The highest BCUT2D eigenvalue weighted by Crippen LogP contribution is 2.29. The van der Waals surface area contributed by atoms with Gasteiger partial charge >= 0.3 is 0 Å². The maximum Gasteiger partial charge on any atom is 0.120 e. The summed E-state index contributed by atoms with van der Waals surface area (Å²) in [5.74, 6) is 0.385. The van der Waals surface area contributed by atoms with Gasteiger partial charge in [0.05, 0.1) is 0 Å². The van der Waals surface area contributed by atoms with Gasteiger partial charge in [0.15, 0.2) is 0 Å². The molecule has 1 saturated heterocycles. The molecule has 1 aliphatic heterocycles. The van der Waals surface area contributed by atoms with E-state index in [1.54, 1.807) is 6.07 Å². The second-order valence-corrected chi connectivity index (χ2v) is 6.96. The Balaban J connectivity index is 1.48. The second-order valence-electron chi connectivity index (χ2n) is 6.53. The molecule has 4 heteroatoms. The van der Waals surface area contributed by atoms with Crippen molar-refractivity contribution in [3.63, 3.8) is 0 Å². The molecule has 128 valence electrons. The number of benzene rings is 3. The van der Waals surface area contributed by atoms with Gasteiger partial charge in [-0.3, -0.25) is 4.90 Å². The lowest BCUT2D eigenvalue weighted by atomic mass is 10.0. The van der Waals surface area contributed by atoms with E-state index < -0.39 is 0 Å². The lowest BCUT2D eigenvalue weighted by Crippen LogP contribution is -2.46. The van der Waals surface area contributed by atoms with Gasteiger partial charge in [-0.25, -0.2) is 0 Å². The number of hydrogen-bond donors (Lipinski definition) is 1. The molecule has 4 rings (SSSR count). The first-order valence-electron chi connectivity index (χ1n) is 8.63. The van der Waals surface area contributed by atoms with Crippen LogP contribution in [-0.4, -0.2) is 36.2 Å². The standard InChI is InChI=1S/C21H21ClN2O/c22-17-5-3-6-18(14-17)24-12-10-23(11-13-24)15-20-19-7-2-1-4-16(19)8-9-21(20)25/h1-9,14,25H,10-13,15H2. The predicted molar refractivity (Wildman–Crippen MR) is 105 cm³/mol. The Bertz CT molecular complexity index is 888. The zero-order valence-electron chi connectivity index (χ0n) is 14.0. The van der Waals surface area contributed by atoms with Crippen molar-refractivity contribution in [2.75, 3.05) is 31.1 Å². The van der Waals surface area contributed by atoms with E-state index in [9.17, 15) is 5.11 Å². The van der Waals surface area contributed by atoms with Gasteiger partial charge in [-0.05, 0) is 35.0 Å². The molecule has 0 spiro atoms. The molecule has 3 nitrogen and oxygen atoms in total. The van der Waals surface area contributed by atoms with E-state index in [-0.39, 0.29) is 0 Å². The fourth-order valence-electron chi connectivity index (χ4n) is 3.55. The Morgan fingerprint density at radius 3 is 2.48 bits per heavy atom. The van der Waals surface area contributed by atoms with Gasteiger partial charge in [0.2, 0.25) is 0 Å². The van der Waals surface area contributed by atoms with E-state index in [1.165, 1.54) is 11.1 Å². The fourth-order valence-corrected chi connectivity index (χ4v) is 3.74. The summed E-state index contributed by atoms with van der Waals surface area (Å²) >= 11 is 6.11. The fraction of sp³-hybridized carbons (Fsp3) is 0.238. The minimum Gasteiger partial charge on any atom is -0.508 e. The Hall–Kier alpha value is -2.23. The lowest BCUT2D eigenvalue weighted by molar-refractivity contribution is 0.248. The summed E-state index contributed by atoms with van der Waals surface area (Å²) in [5, 5.41) is 13.4. The minimum absolute atomic E-state index is 0.385. The van der Waals surface area contributed by atoms with Crippen molar-refractivity contribution in [2.24, 2.45) is 0 Å². The van der Waals surface area contributed by atoms with Gasteiger partial charge in [-0.15, -0.1) is 0 Å². The number of nitrogens with zero attached hydrogens (tertiary/aromatic N) is 2. The number of aromatic hydroxyl groups is 1. The van der Waals surface area contributed by atoms with Gasteiger partial charge in [0.1, 0.15) is 5.75 Å². The van der Waals surface area contributed by atoms with Crippen molar-refractivity contribution in [3.05, 3.63) is 71.2 Å². The SMILES string of the molecule is Oc1ccc2ccccc2c1CN1CCN(c2cccc(Cl)c2)CC1. The molecule has 3 aromatic rings. The summed E-state index contributed by atoms with van der Waals surface area (Å²) in [5.41, 5.74) is 2.20. The van der Waals surface area contributed by atoms with Gasteiger partial charge in [0, 0.05) is 49.0 Å². The third-order valence-corrected chi connectivity index (χ3v) is 5.18. The van der Waals surface area contributed by atoms with Crippen molar-refractivity contribution in [1.82, 2.24) is 4.90 Å². The summed E-state index contributed by atoms with van der Waals surface area (Å²) < 4.78 is 0. The Morgan fingerprint density at radius 2 is 1.68 bits per heavy atom. The van der Waals surface area contributed by atoms with Crippen LogP contribution in [0.3, 0.4) is 0 Å². The minimum atomic E-state index is 0.385. The highest BCUT2D eigenvalue weighted by atomic mass is 35.5. The van der Waals surface area contributed by atoms with Crippen LogP contribution >= 0.6 is 11.6 Å². The molecule has 1 N–H and O–H groups in total. The van der Waals surface area contributed by atoms with Gasteiger partial charge in [-0.2, -0.15) is 0 Å². The Kier molecular flexibility index (Phi) is 4.51. The predicted octanol–water partition coefficient (Wildman–Crippen LogP) is 4.52. The molecule has 1 aliphatic rings. The average molecular weight is 353 g/mol. The Labute approximate surface area is 153 Å². The first kappa shape index (κ1) is 16.2. The summed E-state index contributed by atoms with van der Waals surface area (Å²) in [7, 11) is 0. The number of halogens is 1. The number of fused-ring (bicyclic) bond motifs is 1. The van der Waals surface area contributed by atoms with Crippen LogP contribution in [0, 0.1) is 0 Å². The number of phenols is 1. The van der Waals surface area contributed by atoms with Crippen LogP contribution in [0.2, 0.25) is 5.02 Å². The highest BCUT2D eigenvalue weighted by molar-refractivity contribution is 6.30. The van der Waals surface area contributed by atoms with Crippen LogP contribution in [0.5, 0.6) is 5.75 Å². The largest absolute Gasteiger partial charge is 0.508 e. The van der Waals surface area contributed by atoms with E-state index >= 15 is 0 Å².